The van der Waals surface area contributed by atoms with Crippen molar-refractivity contribution >= 4 is 29.2 Å². The Hall–Kier alpha value is -1.59. The van der Waals surface area contributed by atoms with E-state index in [2.05, 4.69) is 5.32 Å². The van der Waals surface area contributed by atoms with Gasteiger partial charge in [0.05, 0.1) is 6.04 Å². The van der Waals surface area contributed by atoms with Crippen LogP contribution in [0.3, 0.4) is 0 Å². The highest BCUT2D eigenvalue weighted by Gasteiger charge is 2.27. The summed E-state index contributed by atoms with van der Waals surface area (Å²) in [5, 5.41) is 12.7. The number of nitrogens with zero attached hydrogens (tertiary/aromatic N) is 1. The number of hydrogen-bond donors (Lipinski definition) is 2. The molecule has 0 aliphatic carbocycles. The third kappa shape index (κ3) is 4.44. The van der Waals surface area contributed by atoms with E-state index in [-0.39, 0.29) is 18.5 Å². The predicted octanol–water partition coefficient (Wildman–Crippen LogP) is 2.29. The maximum absolute atomic E-state index is 12.7. The van der Waals surface area contributed by atoms with Gasteiger partial charge in [-0.2, -0.15) is 0 Å². The van der Waals surface area contributed by atoms with E-state index in [0.29, 0.717) is 10.7 Å². The zero-order chi connectivity index (χ0) is 15.2. The third-order valence-corrected chi connectivity index (χ3v) is 3.77. The minimum Gasteiger partial charge on any atom is -0.480 e. The number of carbonyl (C=O) groups excluding carboxylic acids is 1. The van der Waals surface area contributed by atoms with Gasteiger partial charge in [0, 0.05) is 10.7 Å². The number of anilines is 1. The Balaban J connectivity index is 2.22. The smallest absolute Gasteiger partial charge is 0.323 e. The van der Waals surface area contributed by atoms with Crippen molar-refractivity contribution in [2.75, 3.05) is 18.0 Å². The number of nitrogens with one attached hydrogen (secondary N) is 1. The van der Waals surface area contributed by atoms with E-state index >= 15 is 0 Å². The van der Waals surface area contributed by atoms with Crippen LogP contribution in [-0.2, 0) is 9.59 Å². The second-order valence-electron chi connectivity index (χ2n) is 5.15. The molecule has 1 amide bonds. The van der Waals surface area contributed by atoms with E-state index in [4.69, 9.17) is 16.7 Å². The van der Waals surface area contributed by atoms with Gasteiger partial charge in [0.1, 0.15) is 6.54 Å². The highest BCUT2D eigenvalue weighted by molar-refractivity contribution is 6.31. The maximum Gasteiger partial charge on any atom is 0.323 e. The number of halogens is 1. The average molecular weight is 311 g/mol. The largest absolute Gasteiger partial charge is 0.480 e. The SMILES string of the molecule is O=C(O)CN(C(=O)C1CCCCCN1)c1cccc(Cl)c1. The first-order valence-electron chi connectivity index (χ1n) is 7.10. The Bertz CT molecular complexity index is 513. The number of carboxylic acids is 1. The molecule has 2 rings (SSSR count). The van der Waals surface area contributed by atoms with Crippen LogP contribution in [0.15, 0.2) is 24.3 Å². The summed E-state index contributed by atoms with van der Waals surface area (Å²) in [5.74, 6) is -1.25. The van der Waals surface area contributed by atoms with Gasteiger partial charge in [-0.25, -0.2) is 0 Å². The second-order valence-corrected chi connectivity index (χ2v) is 5.59. The lowest BCUT2D eigenvalue weighted by molar-refractivity contribution is -0.136. The molecular formula is C15H19ClN2O3. The molecule has 0 aromatic heterocycles. The zero-order valence-electron chi connectivity index (χ0n) is 11.7. The first-order chi connectivity index (χ1) is 10.1. The summed E-state index contributed by atoms with van der Waals surface area (Å²) in [6.07, 6.45) is 3.84. The standard InChI is InChI=1S/C15H19ClN2O3/c16-11-5-4-6-12(9-11)18(10-14(19)20)15(21)13-7-2-1-3-8-17-13/h4-6,9,13,17H,1-3,7-8,10H2,(H,19,20). The van der Waals surface area contributed by atoms with E-state index < -0.39 is 5.97 Å². The van der Waals surface area contributed by atoms with Gasteiger partial charge in [-0.3, -0.25) is 14.5 Å². The fourth-order valence-corrected chi connectivity index (χ4v) is 2.69. The van der Waals surface area contributed by atoms with Crippen molar-refractivity contribution in [1.82, 2.24) is 5.32 Å². The predicted molar refractivity (Wildman–Crippen MR) is 81.7 cm³/mol. The van der Waals surface area contributed by atoms with E-state index in [1.807, 2.05) is 0 Å². The Kier molecular flexibility index (Phi) is 5.59. The quantitative estimate of drug-likeness (QED) is 0.895. The number of carboxylic acid groups (broad SMARTS) is 1. The van der Waals surface area contributed by atoms with Crippen LogP contribution < -0.4 is 10.2 Å². The van der Waals surface area contributed by atoms with Crippen molar-refractivity contribution in [3.8, 4) is 0 Å². The number of benzene rings is 1. The van der Waals surface area contributed by atoms with Gasteiger partial charge in [0.15, 0.2) is 0 Å². The molecule has 0 saturated carbocycles. The van der Waals surface area contributed by atoms with Crippen molar-refractivity contribution in [3.05, 3.63) is 29.3 Å². The molecule has 1 aromatic carbocycles. The van der Waals surface area contributed by atoms with Crippen LogP contribution in [0.1, 0.15) is 25.7 Å². The minimum absolute atomic E-state index is 0.207. The van der Waals surface area contributed by atoms with Crippen molar-refractivity contribution in [2.24, 2.45) is 0 Å². The van der Waals surface area contributed by atoms with Crippen LogP contribution in [0.4, 0.5) is 5.69 Å². The highest BCUT2D eigenvalue weighted by atomic mass is 35.5. The lowest BCUT2D eigenvalue weighted by atomic mass is 10.1. The fraction of sp³-hybridized carbons (Fsp3) is 0.467. The summed E-state index contributed by atoms with van der Waals surface area (Å²) < 4.78 is 0. The molecular weight excluding hydrogens is 292 g/mol. The number of rotatable bonds is 4. The van der Waals surface area contributed by atoms with E-state index in [9.17, 15) is 9.59 Å². The van der Waals surface area contributed by atoms with Crippen LogP contribution in [0.25, 0.3) is 0 Å². The Morgan fingerprint density at radius 3 is 2.86 bits per heavy atom. The van der Waals surface area contributed by atoms with Crippen LogP contribution in [0.5, 0.6) is 0 Å². The molecule has 1 heterocycles. The van der Waals surface area contributed by atoms with Gasteiger partial charge in [-0.05, 0) is 37.6 Å². The summed E-state index contributed by atoms with van der Waals surface area (Å²) >= 11 is 5.94. The summed E-state index contributed by atoms with van der Waals surface area (Å²) in [4.78, 5) is 25.0. The summed E-state index contributed by atoms with van der Waals surface area (Å²) in [6, 6.07) is 6.38. The van der Waals surface area contributed by atoms with Crippen molar-refractivity contribution in [3.63, 3.8) is 0 Å². The van der Waals surface area contributed by atoms with Crippen LogP contribution >= 0.6 is 11.6 Å². The molecule has 114 valence electrons. The molecule has 5 nitrogen and oxygen atoms in total. The van der Waals surface area contributed by atoms with Crippen molar-refractivity contribution in [2.45, 2.75) is 31.7 Å². The molecule has 1 aromatic rings. The van der Waals surface area contributed by atoms with Gasteiger partial charge >= 0.3 is 5.97 Å². The monoisotopic (exact) mass is 310 g/mol. The molecule has 0 spiro atoms. The van der Waals surface area contributed by atoms with Crippen LogP contribution in [0.2, 0.25) is 5.02 Å². The number of hydrogen-bond acceptors (Lipinski definition) is 3. The first-order valence-corrected chi connectivity index (χ1v) is 7.48. The molecule has 1 atom stereocenters. The molecule has 2 N–H and O–H groups in total. The summed E-state index contributed by atoms with van der Waals surface area (Å²) in [5.41, 5.74) is 0.515. The first kappa shape index (κ1) is 15.8. The number of aliphatic carboxylic acids is 1. The normalized spacial score (nSPS) is 18.8. The fourth-order valence-electron chi connectivity index (χ4n) is 2.50. The van der Waals surface area contributed by atoms with Gasteiger partial charge in [-0.1, -0.05) is 30.5 Å². The summed E-state index contributed by atoms with van der Waals surface area (Å²) in [6.45, 7) is 0.421. The molecule has 1 saturated heterocycles. The van der Waals surface area contributed by atoms with Gasteiger partial charge < -0.3 is 10.4 Å². The van der Waals surface area contributed by atoms with E-state index in [1.165, 1.54) is 4.90 Å². The molecule has 0 radical (unpaired) electrons. The van der Waals surface area contributed by atoms with E-state index in [0.717, 1.165) is 32.2 Å². The molecule has 1 aliphatic rings. The Labute approximate surface area is 128 Å². The molecule has 0 bridgehead atoms. The Morgan fingerprint density at radius 2 is 2.14 bits per heavy atom. The minimum atomic E-state index is -1.04. The van der Waals surface area contributed by atoms with Crippen molar-refractivity contribution in [1.29, 1.82) is 0 Å². The topological polar surface area (TPSA) is 69.6 Å². The lowest BCUT2D eigenvalue weighted by Crippen LogP contribution is -2.48. The number of carbonyl (C=O) groups is 2. The van der Waals surface area contributed by atoms with Gasteiger partial charge in [-0.15, -0.1) is 0 Å². The second kappa shape index (κ2) is 7.43. The zero-order valence-corrected chi connectivity index (χ0v) is 12.5. The Morgan fingerprint density at radius 1 is 1.33 bits per heavy atom. The molecule has 21 heavy (non-hydrogen) atoms. The highest BCUT2D eigenvalue weighted by Crippen LogP contribution is 2.21. The van der Waals surface area contributed by atoms with Crippen molar-refractivity contribution < 1.29 is 14.7 Å². The lowest BCUT2D eigenvalue weighted by Gasteiger charge is -2.26. The third-order valence-electron chi connectivity index (χ3n) is 3.54. The van der Waals surface area contributed by atoms with E-state index in [1.54, 1.807) is 24.3 Å². The van der Waals surface area contributed by atoms with Gasteiger partial charge in [0.25, 0.3) is 0 Å². The van der Waals surface area contributed by atoms with Crippen LogP contribution in [-0.4, -0.2) is 36.1 Å². The maximum atomic E-state index is 12.7. The molecule has 1 aliphatic heterocycles. The van der Waals surface area contributed by atoms with Gasteiger partial charge in [0.2, 0.25) is 5.91 Å². The average Bonchev–Trinajstić information content (AvgIpc) is 2.73. The molecule has 6 heteroatoms. The molecule has 1 fully saturated rings. The number of amides is 1. The van der Waals surface area contributed by atoms with Crippen LogP contribution in [0, 0.1) is 0 Å². The summed E-state index contributed by atoms with van der Waals surface area (Å²) in [7, 11) is 0. The molecule has 1 unspecified atom stereocenters.